The van der Waals surface area contributed by atoms with Crippen LogP contribution in [0.5, 0.6) is 0 Å². The van der Waals surface area contributed by atoms with E-state index in [9.17, 15) is 4.57 Å². The van der Waals surface area contributed by atoms with Crippen molar-refractivity contribution in [3.05, 3.63) is 0 Å². The van der Waals surface area contributed by atoms with E-state index in [1.807, 2.05) is 0 Å². The fourth-order valence-corrected chi connectivity index (χ4v) is 4.25. The normalized spacial score (nSPS) is 32.1. The summed E-state index contributed by atoms with van der Waals surface area (Å²) in [6, 6.07) is 0. The lowest BCUT2D eigenvalue weighted by Gasteiger charge is -2.34. The molecule has 0 radical (unpaired) electrons. The maximum Gasteiger partial charge on any atom is 0.343 e. The summed E-state index contributed by atoms with van der Waals surface area (Å²) in [6.45, 7) is 1.71. The first-order chi connectivity index (χ1) is 7.12. The maximum absolute atomic E-state index is 12.3. The Bertz CT molecular complexity index is 226. The molecule has 0 spiro atoms. The average molecular weight is 296 g/mol. The van der Waals surface area contributed by atoms with E-state index < -0.39 is 7.67 Å². The van der Waals surface area contributed by atoms with Crippen molar-refractivity contribution in [1.82, 2.24) is 9.76 Å². The van der Waals surface area contributed by atoms with E-state index in [1.165, 1.54) is 0 Å². The minimum atomic E-state index is -2.96. The Labute approximate surface area is 105 Å². The Morgan fingerprint density at radius 2 is 2.00 bits per heavy atom. The van der Waals surface area contributed by atoms with Crippen molar-refractivity contribution < 1.29 is 9.09 Å². The number of nitrogens with one attached hydrogen (secondary N) is 1. The molecule has 0 saturated carbocycles. The molecule has 0 aliphatic carbocycles. The van der Waals surface area contributed by atoms with Gasteiger partial charge in [-0.25, -0.2) is 9.76 Å². The molecule has 0 unspecified atom stereocenters. The first-order valence-corrected chi connectivity index (χ1v) is 7.72. The Balaban J connectivity index is 2.60. The number of hydrogen-bond donors (Lipinski definition) is 1. The molecule has 15 heavy (non-hydrogen) atoms. The van der Waals surface area contributed by atoms with Crippen LogP contribution >= 0.6 is 42.5 Å². The lowest BCUT2D eigenvalue weighted by atomic mass is 10.5. The van der Waals surface area contributed by atoms with Gasteiger partial charge in [0, 0.05) is 31.4 Å². The highest BCUT2D eigenvalue weighted by Crippen LogP contribution is 2.48. The Hall–Kier alpha value is 0.980. The Kier molecular flexibility index (Phi) is 6.23. The molecule has 2 atom stereocenters. The summed E-state index contributed by atoms with van der Waals surface area (Å²) in [6.07, 6.45) is 0. The molecule has 90 valence electrons. The van der Waals surface area contributed by atoms with Crippen LogP contribution in [0, 0.1) is 0 Å². The molecule has 1 rings (SSSR count). The summed E-state index contributed by atoms with van der Waals surface area (Å²) >= 11 is 17.1. The quantitative estimate of drug-likeness (QED) is 0.623. The molecule has 0 aromatic carbocycles. The number of hydrogen-bond acceptors (Lipinski definition) is 2. The molecule has 0 aromatic rings. The lowest BCUT2D eigenvalue weighted by molar-refractivity contribution is 0.235. The van der Waals surface area contributed by atoms with Crippen molar-refractivity contribution in [1.29, 1.82) is 0 Å². The molecular formula is C7H14Cl3N2O2P. The molecule has 1 heterocycles. The van der Waals surface area contributed by atoms with Crippen molar-refractivity contribution in [3.8, 4) is 0 Å². The predicted octanol–water partition coefficient (Wildman–Crippen LogP) is 2.10. The molecule has 1 fully saturated rings. The zero-order valence-electron chi connectivity index (χ0n) is 8.16. The van der Waals surface area contributed by atoms with Crippen LogP contribution in [0.2, 0.25) is 0 Å². The summed E-state index contributed by atoms with van der Waals surface area (Å²) in [4.78, 5) is 0. The standard InChI is InChI=1S/C7H14Cl3N2O2P/c8-1-3-12(4-2-9)15(13)11-5-7(10)6-14-15/h7H,1-6H2,(H,11,13)/t7-,15+/m0/s1. The number of halogens is 3. The van der Waals surface area contributed by atoms with Crippen LogP contribution in [0.3, 0.4) is 0 Å². The summed E-state index contributed by atoms with van der Waals surface area (Å²) in [7, 11) is -2.96. The first kappa shape index (κ1) is 14.0. The molecule has 1 N–H and O–H groups in total. The average Bonchev–Trinajstić information content (AvgIpc) is 2.23. The summed E-state index contributed by atoms with van der Waals surface area (Å²) in [5.41, 5.74) is 0. The van der Waals surface area contributed by atoms with Crippen LogP contribution in [0.1, 0.15) is 0 Å². The van der Waals surface area contributed by atoms with Crippen LogP contribution in [0.4, 0.5) is 0 Å². The number of rotatable bonds is 5. The number of nitrogens with zero attached hydrogens (tertiary/aromatic N) is 1. The zero-order chi connectivity index (χ0) is 11.3. The molecule has 4 nitrogen and oxygen atoms in total. The van der Waals surface area contributed by atoms with E-state index in [1.54, 1.807) is 4.67 Å². The van der Waals surface area contributed by atoms with Gasteiger partial charge in [-0.2, -0.15) is 0 Å². The van der Waals surface area contributed by atoms with Gasteiger partial charge in [0.15, 0.2) is 0 Å². The molecule has 0 bridgehead atoms. The van der Waals surface area contributed by atoms with Gasteiger partial charge in [0.2, 0.25) is 0 Å². The predicted molar refractivity (Wildman–Crippen MR) is 64.2 cm³/mol. The van der Waals surface area contributed by atoms with Gasteiger partial charge in [0.1, 0.15) is 0 Å². The fourth-order valence-electron chi connectivity index (χ4n) is 1.25. The van der Waals surface area contributed by atoms with Gasteiger partial charge in [-0.3, -0.25) is 4.57 Å². The van der Waals surface area contributed by atoms with Crippen LogP contribution < -0.4 is 5.09 Å². The van der Waals surface area contributed by atoms with E-state index in [-0.39, 0.29) is 12.0 Å². The van der Waals surface area contributed by atoms with Crippen molar-refractivity contribution in [2.75, 3.05) is 38.0 Å². The molecular weight excluding hydrogens is 281 g/mol. The second kappa shape index (κ2) is 6.65. The van der Waals surface area contributed by atoms with Gasteiger partial charge in [-0.15, -0.1) is 34.8 Å². The third-order valence-electron chi connectivity index (χ3n) is 2.00. The monoisotopic (exact) mass is 294 g/mol. The summed E-state index contributed by atoms with van der Waals surface area (Å²) < 4.78 is 19.2. The Morgan fingerprint density at radius 3 is 2.40 bits per heavy atom. The molecule has 1 aliphatic rings. The molecule has 1 saturated heterocycles. The van der Waals surface area contributed by atoms with Crippen molar-refractivity contribution in [2.24, 2.45) is 0 Å². The second-order valence-corrected chi connectivity index (χ2v) is 6.66. The van der Waals surface area contributed by atoms with Crippen LogP contribution in [-0.2, 0) is 9.09 Å². The summed E-state index contributed by atoms with van der Waals surface area (Å²) in [5.74, 6) is 0.770. The van der Waals surface area contributed by atoms with E-state index >= 15 is 0 Å². The van der Waals surface area contributed by atoms with Crippen LogP contribution in [0.15, 0.2) is 0 Å². The van der Waals surface area contributed by atoms with Gasteiger partial charge < -0.3 is 4.52 Å². The first-order valence-electron chi connectivity index (χ1n) is 4.63. The van der Waals surface area contributed by atoms with E-state index in [0.717, 1.165) is 0 Å². The van der Waals surface area contributed by atoms with Gasteiger partial charge in [0.05, 0.1) is 12.0 Å². The van der Waals surface area contributed by atoms with Crippen molar-refractivity contribution in [2.45, 2.75) is 5.38 Å². The minimum Gasteiger partial charge on any atom is -0.304 e. The van der Waals surface area contributed by atoms with Crippen LogP contribution in [0.25, 0.3) is 0 Å². The third-order valence-corrected chi connectivity index (χ3v) is 4.84. The topological polar surface area (TPSA) is 41.6 Å². The SMILES string of the molecule is O=[P@]1(N(CCCl)CCCl)NC[C@H](Cl)CO1. The smallest absolute Gasteiger partial charge is 0.304 e. The van der Waals surface area contributed by atoms with Gasteiger partial charge in [0.25, 0.3) is 0 Å². The highest BCUT2D eigenvalue weighted by Gasteiger charge is 2.35. The van der Waals surface area contributed by atoms with E-state index in [2.05, 4.69) is 5.09 Å². The molecule has 8 heteroatoms. The van der Waals surface area contributed by atoms with E-state index in [0.29, 0.717) is 31.4 Å². The lowest BCUT2D eigenvalue weighted by Crippen LogP contribution is -2.40. The van der Waals surface area contributed by atoms with Crippen molar-refractivity contribution in [3.63, 3.8) is 0 Å². The molecule has 1 aliphatic heterocycles. The number of alkyl halides is 3. The zero-order valence-corrected chi connectivity index (χ0v) is 11.3. The molecule has 0 amide bonds. The fraction of sp³-hybridized carbons (Fsp3) is 1.00. The Morgan fingerprint density at radius 1 is 1.40 bits per heavy atom. The largest absolute Gasteiger partial charge is 0.343 e. The summed E-state index contributed by atoms with van der Waals surface area (Å²) in [5, 5.41) is 2.69. The van der Waals surface area contributed by atoms with E-state index in [4.69, 9.17) is 39.3 Å². The van der Waals surface area contributed by atoms with Crippen LogP contribution in [-0.4, -0.2) is 48.0 Å². The third kappa shape index (κ3) is 4.04. The highest BCUT2D eigenvalue weighted by atomic mass is 35.5. The minimum absolute atomic E-state index is 0.138. The van der Waals surface area contributed by atoms with Gasteiger partial charge >= 0.3 is 7.67 Å². The van der Waals surface area contributed by atoms with Crippen molar-refractivity contribution >= 4 is 42.5 Å². The van der Waals surface area contributed by atoms with Gasteiger partial charge in [-0.05, 0) is 0 Å². The highest BCUT2D eigenvalue weighted by molar-refractivity contribution is 7.54. The van der Waals surface area contributed by atoms with Gasteiger partial charge in [-0.1, -0.05) is 0 Å². The maximum atomic E-state index is 12.3. The second-order valence-electron chi connectivity index (χ2n) is 3.11. The molecule has 0 aromatic heterocycles.